The SMILES string of the molecule is CS.CS.C[S-].C[S-].FC(F)(F)C(CCC(COCCOCCS)(COC(C(F)(F)F)(C(F)(F)F)C(F)(F)F)COC(C(F)(F)F)(C(F)(F)F)C(F)(F)F)(C(F)(F)F)C(F)(F)F.[Au+].[Au+].[Au]. The molecule has 0 aromatic rings. The molecule has 1 radical (unpaired) electrons. The smallest absolute Gasteiger partial charge is 0.796 e. The van der Waals surface area contributed by atoms with Crippen molar-refractivity contribution in [1.82, 2.24) is 0 Å². The van der Waals surface area contributed by atoms with Crippen LogP contribution in [0.25, 0.3) is 0 Å². The first-order valence-corrected chi connectivity index (χ1v) is 18.8. The van der Waals surface area contributed by atoms with E-state index in [4.69, 9.17) is 0 Å². The van der Waals surface area contributed by atoms with Crippen LogP contribution in [0.15, 0.2) is 0 Å². The van der Waals surface area contributed by atoms with Crippen molar-refractivity contribution >= 4 is 63.1 Å². The van der Waals surface area contributed by atoms with E-state index in [0.29, 0.717) is 0 Å². The van der Waals surface area contributed by atoms with Gasteiger partial charge in [0.05, 0.1) is 39.6 Å². The number of ether oxygens (including phenoxy) is 4. The second kappa shape index (κ2) is 32.2. The molecule has 0 atom stereocenters. The molecule has 0 saturated carbocycles. The van der Waals surface area contributed by atoms with Gasteiger partial charge in [-0.3, -0.25) is 0 Å². The summed E-state index contributed by atoms with van der Waals surface area (Å²) in [6.07, 6.45) is -72.3. The van der Waals surface area contributed by atoms with Crippen molar-refractivity contribution < 1.29 is 205 Å². The van der Waals surface area contributed by atoms with Gasteiger partial charge in [-0.05, 0) is 25.4 Å². The Morgan fingerprint density at radius 3 is 0.785 bits per heavy atom. The minimum atomic E-state index is -7.99. The molecule has 0 aliphatic heterocycles. The van der Waals surface area contributed by atoms with E-state index in [1.807, 2.05) is 0 Å². The molecular formula is C26H33Au3F27O4S5. The van der Waals surface area contributed by atoms with E-state index in [1.54, 1.807) is 25.0 Å². The summed E-state index contributed by atoms with van der Waals surface area (Å²) in [6.45, 7) is -13.5. The standard InChI is InChI=1S/C22H19F27O4S.4CH4S.3Au/c23-14(24,25)11(15(26,27)28,16(29,30)31)2-1-10(7-51-4-3-50-5-6-54,8-52-12(17(32,33)34,18(35,36)37)19(38,39)40)9-53-13(20(41,42)43,21(44,45)46)22(47,48)49;4*1-2;;;/h54H,1-9H2;4*2H,1H3;;;/q;;;;;;2*+1/p-2. The van der Waals surface area contributed by atoms with E-state index >= 15 is 0 Å². The molecule has 65 heavy (non-hydrogen) atoms. The summed E-state index contributed by atoms with van der Waals surface area (Å²) < 4.78 is 380. The molecule has 0 aliphatic rings. The van der Waals surface area contributed by atoms with Gasteiger partial charge in [-0.2, -0.15) is 169 Å². The number of hydrogen-bond acceptors (Lipinski definition) is 9. The maximum Gasteiger partial charge on any atom is 1.00 e. The first kappa shape index (κ1) is 83.8. The van der Waals surface area contributed by atoms with E-state index in [9.17, 15) is 119 Å². The van der Waals surface area contributed by atoms with Gasteiger partial charge in [0, 0.05) is 33.5 Å². The third-order valence-corrected chi connectivity index (χ3v) is 7.27. The topological polar surface area (TPSA) is 36.9 Å². The van der Waals surface area contributed by atoms with Crippen LogP contribution in [0.1, 0.15) is 12.8 Å². The van der Waals surface area contributed by atoms with Crippen LogP contribution >= 0.6 is 37.9 Å². The fraction of sp³-hybridized carbons (Fsp3) is 1.00. The maximum absolute atomic E-state index is 13.6. The number of alkyl halides is 27. The zero-order chi connectivity index (χ0) is 51.7. The van der Waals surface area contributed by atoms with Gasteiger partial charge in [0.25, 0.3) is 5.41 Å². The molecule has 39 heteroatoms. The first-order valence-electron chi connectivity index (χ1n) is 14.8. The Bertz CT molecular complexity index is 968. The molecule has 0 N–H and O–H groups in total. The van der Waals surface area contributed by atoms with Crippen molar-refractivity contribution in [2.24, 2.45) is 10.8 Å². The number of hydrogen-bond donors (Lipinski definition) is 3. The largest absolute Gasteiger partial charge is 1.00 e. The van der Waals surface area contributed by atoms with Crippen LogP contribution in [0.4, 0.5) is 119 Å². The minimum Gasteiger partial charge on any atom is -0.796 e. The van der Waals surface area contributed by atoms with E-state index in [1.165, 1.54) is 0 Å². The Morgan fingerprint density at radius 2 is 0.585 bits per heavy atom. The number of rotatable bonds is 16. The molecule has 0 heterocycles. The van der Waals surface area contributed by atoms with Crippen molar-refractivity contribution in [2.75, 3.05) is 70.4 Å². The van der Waals surface area contributed by atoms with Crippen molar-refractivity contribution in [3.63, 3.8) is 0 Å². The van der Waals surface area contributed by atoms with Crippen LogP contribution in [0.5, 0.6) is 0 Å². The maximum atomic E-state index is 13.6. The van der Waals surface area contributed by atoms with E-state index < -0.39 is 130 Å². The molecule has 0 saturated heterocycles. The van der Waals surface area contributed by atoms with Crippen molar-refractivity contribution in [1.29, 1.82) is 0 Å². The molecule has 0 fully saturated rings. The van der Waals surface area contributed by atoms with E-state index in [-0.39, 0.29) is 72.9 Å². The molecule has 0 bridgehead atoms. The molecular weight excluding hydrogens is 1640 g/mol. The van der Waals surface area contributed by atoms with Crippen molar-refractivity contribution in [2.45, 2.75) is 79.6 Å². The third kappa shape index (κ3) is 21.1. The predicted octanol–water partition coefficient (Wildman–Crippen LogP) is 11.7. The van der Waals surface area contributed by atoms with Gasteiger partial charge in [0.1, 0.15) is 0 Å². The average Bonchev–Trinajstić information content (AvgIpc) is 3.05. The second-order valence-electron chi connectivity index (χ2n) is 10.7. The summed E-state index contributed by atoms with van der Waals surface area (Å²) >= 11 is 18.8. The van der Waals surface area contributed by atoms with E-state index in [0.717, 1.165) is 0 Å². The average molecular weight is 1670 g/mol. The van der Waals surface area contributed by atoms with Gasteiger partial charge < -0.3 is 44.2 Å². The predicted molar refractivity (Wildman–Crippen MR) is 178 cm³/mol. The van der Waals surface area contributed by atoms with Gasteiger partial charge in [-0.15, -0.1) is 0 Å². The zero-order valence-corrected chi connectivity index (χ0v) is 42.6. The molecule has 4 nitrogen and oxygen atoms in total. The zero-order valence-electron chi connectivity index (χ0n) is 31.8. The summed E-state index contributed by atoms with van der Waals surface area (Å²) in [6, 6.07) is 0. The van der Waals surface area contributed by atoms with Gasteiger partial charge in [0.2, 0.25) is 0 Å². The quantitative estimate of drug-likeness (QED) is 0.0470. The van der Waals surface area contributed by atoms with Crippen LogP contribution in [0, 0.1) is 10.8 Å². The van der Waals surface area contributed by atoms with Crippen molar-refractivity contribution in [3.05, 3.63) is 0 Å². The van der Waals surface area contributed by atoms with E-state index in [2.05, 4.69) is 82.1 Å². The van der Waals surface area contributed by atoms with Crippen LogP contribution in [0.3, 0.4) is 0 Å². The minimum absolute atomic E-state index is 0. The monoisotopic (exact) mass is 1670 g/mol. The Morgan fingerprint density at radius 1 is 0.354 bits per heavy atom. The van der Waals surface area contributed by atoms with Crippen LogP contribution in [-0.2, 0) is 111 Å². The van der Waals surface area contributed by atoms with Crippen LogP contribution in [0.2, 0.25) is 0 Å². The number of thiol groups is 3. The van der Waals surface area contributed by atoms with Gasteiger partial charge in [-0.1, -0.05) is 0 Å². The summed E-state index contributed by atoms with van der Waals surface area (Å²) in [5.41, 5.74) is -27.9. The first-order chi connectivity index (χ1) is 27.4. The van der Waals surface area contributed by atoms with Gasteiger partial charge >= 0.3 is 112 Å². The fourth-order valence-electron chi connectivity index (χ4n) is 4.25. The molecule has 0 aromatic heterocycles. The van der Waals surface area contributed by atoms with Crippen molar-refractivity contribution in [3.8, 4) is 0 Å². The summed E-state index contributed by atoms with van der Waals surface area (Å²) in [5, 5.41) is 0. The molecule has 413 valence electrons. The fourth-order valence-corrected chi connectivity index (χ4v) is 4.38. The molecule has 0 spiro atoms. The summed E-state index contributed by atoms with van der Waals surface area (Å²) in [4.78, 5) is 0. The third-order valence-electron chi connectivity index (χ3n) is 7.08. The summed E-state index contributed by atoms with van der Waals surface area (Å²) in [7, 11) is 0. The Balaban J connectivity index is -0.000000464. The molecule has 0 amide bonds. The molecule has 0 aliphatic carbocycles. The molecule has 0 aromatic carbocycles. The van der Waals surface area contributed by atoms with Gasteiger partial charge in [0.15, 0.2) is 0 Å². The Kier molecular flexibility index (Phi) is 41.5. The summed E-state index contributed by atoms with van der Waals surface area (Å²) in [5.74, 6) is -0.261. The molecule has 0 rings (SSSR count). The normalized spacial score (nSPS) is 13.7. The van der Waals surface area contributed by atoms with Crippen LogP contribution < -0.4 is 0 Å². The Labute approximate surface area is 425 Å². The second-order valence-corrected chi connectivity index (χ2v) is 11.2. The Hall–Kier alpha value is 1.92. The van der Waals surface area contributed by atoms with Crippen LogP contribution in [-0.4, -0.2) is 137 Å². The van der Waals surface area contributed by atoms with Gasteiger partial charge in [-0.25, -0.2) is 0 Å². The number of halogens is 27. The molecule has 0 unspecified atom stereocenters.